The number of phenols is 1. The van der Waals surface area contributed by atoms with Gasteiger partial charge in [0, 0.05) is 11.8 Å². The highest BCUT2D eigenvalue weighted by Crippen LogP contribution is 2.23. The van der Waals surface area contributed by atoms with Crippen LogP contribution in [-0.4, -0.2) is 27.1 Å². The highest BCUT2D eigenvalue weighted by Gasteiger charge is 2.17. The van der Waals surface area contributed by atoms with Crippen molar-refractivity contribution in [3.63, 3.8) is 0 Å². The molecule has 1 aromatic carbocycles. The van der Waals surface area contributed by atoms with Crippen LogP contribution in [-0.2, 0) is 0 Å². The zero-order valence-corrected chi connectivity index (χ0v) is 13.7. The third-order valence-electron chi connectivity index (χ3n) is 4.17. The monoisotopic (exact) mass is 327 g/mol. The molecule has 24 heavy (non-hydrogen) atoms. The smallest absolute Gasteiger partial charge is 0.274 e. The molecule has 0 aliphatic heterocycles. The van der Waals surface area contributed by atoms with Crippen molar-refractivity contribution in [1.29, 1.82) is 0 Å². The Morgan fingerprint density at radius 3 is 2.75 bits per heavy atom. The Morgan fingerprint density at radius 2 is 2.00 bits per heavy atom. The number of anilines is 1. The number of hydrogen-bond acceptors (Lipinski definition) is 5. The minimum absolute atomic E-state index is 0.163. The molecular weight excluding hydrogens is 306 g/mol. The van der Waals surface area contributed by atoms with Crippen LogP contribution in [0.15, 0.2) is 30.6 Å². The lowest BCUT2D eigenvalue weighted by atomic mass is 9.98. The molecule has 2 N–H and O–H groups in total. The van der Waals surface area contributed by atoms with Gasteiger partial charge in [-0.25, -0.2) is 9.97 Å². The fraction of sp³-hybridized carbons (Fsp3) is 0.389. The number of benzene rings is 1. The number of hydrogen-bond donors (Lipinski definition) is 2. The Hall–Kier alpha value is -2.63. The van der Waals surface area contributed by atoms with Gasteiger partial charge < -0.3 is 15.2 Å². The van der Waals surface area contributed by atoms with E-state index in [1.54, 1.807) is 18.2 Å². The quantitative estimate of drug-likeness (QED) is 0.840. The van der Waals surface area contributed by atoms with Crippen LogP contribution in [0, 0.1) is 6.92 Å². The standard InChI is InChI=1S/C18H21N3O3/c1-12-9-13(22)7-8-15(12)21-18(23)16-10-17(20-11-19-16)24-14-5-3-2-4-6-14/h7-11,14,22H,2-6H2,1H3,(H,21,23). The SMILES string of the molecule is Cc1cc(O)ccc1NC(=O)c1cc(OC2CCCCC2)ncn1. The van der Waals surface area contributed by atoms with Crippen LogP contribution in [0.25, 0.3) is 0 Å². The molecule has 6 heteroatoms. The van der Waals surface area contributed by atoms with E-state index < -0.39 is 0 Å². The summed E-state index contributed by atoms with van der Waals surface area (Å²) in [6.45, 7) is 1.81. The van der Waals surface area contributed by atoms with Gasteiger partial charge in [0.1, 0.15) is 23.9 Å². The second-order valence-corrected chi connectivity index (χ2v) is 6.07. The zero-order chi connectivity index (χ0) is 16.9. The van der Waals surface area contributed by atoms with Crippen LogP contribution >= 0.6 is 0 Å². The molecule has 0 unspecified atom stereocenters. The normalized spacial score (nSPS) is 15.0. The first-order valence-electron chi connectivity index (χ1n) is 8.21. The predicted octanol–water partition coefficient (Wildman–Crippen LogP) is 3.45. The number of ether oxygens (including phenoxy) is 1. The molecular formula is C18H21N3O3. The van der Waals surface area contributed by atoms with Crippen LogP contribution in [0.4, 0.5) is 5.69 Å². The van der Waals surface area contributed by atoms with Crippen LogP contribution in [0.3, 0.4) is 0 Å². The maximum Gasteiger partial charge on any atom is 0.274 e. The molecule has 3 rings (SSSR count). The van der Waals surface area contributed by atoms with E-state index in [0.29, 0.717) is 11.6 Å². The van der Waals surface area contributed by atoms with Crippen LogP contribution in [0.2, 0.25) is 0 Å². The summed E-state index contributed by atoms with van der Waals surface area (Å²) in [5.41, 5.74) is 1.66. The van der Waals surface area contributed by atoms with Crippen molar-refractivity contribution in [1.82, 2.24) is 9.97 Å². The summed E-state index contributed by atoms with van der Waals surface area (Å²) in [6.07, 6.45) is 7.16. The second kappa shape index (κ2) is 7.29. The summed E-state index contributed by atoms with van der Waals surface area (Å²) < 4.78 is 5.87. The number of rotatable bonds is 4. The molecule has 0 atom stereocenters. The Bertz CT molecular complexity index is 727. The molecule has 0 bridgehead atoms. The molecule has 1 fully saturated rings. The summed E-state index contributed by atoms with van der Waals surface area (Å²) in [5, 5.41) is 12.2. The topological polar surface area (TPSA) is 84.3 Å². The van der Waals surface area contributed by atoms with Gasteiger partial charge in [0.2, 0.25) is 5.88 Å². The number of amides is 1. The molecule has 1 amide bonds. The first-order valence-corrected chi connectivity index (χ1v) is 8.21. The van der Waals surface area contributed by atoms with Crippen molar-refractivity contribution in [3.8, 4) is 11.6 Å². The third kappa shape index (κ3) is 4.01. The highest BCUT2D eigenvalue weighted by atomic mass is 16.5. The summed E-state index contributed by atoms with van der Waals surface area (Å²) >= 11 is 0. The minimum Gasteiger partial charge on any atom is -0.508 e. The van der Waals surface area contributed by atoms with Gasteiger partial charge in [0.05, 0.1) is 0 Å². The molecule has 0 saturated heterocycles. The van der Waals surface area contributed by atoms with Gasteiger partial charge in [0.15, 0.2) is 0 Å². The Kier molecular flexibility index (Phi) is 4.93. The Morgan fingerprint density at radius 1 is 1.21 bits per heavy atom. The average Bonchev–Trinajstić information content (AvgIpc) is 2.58. The van der Waals surface area contributed by atoms with Gasteiger partial charge in [-0.2, -0.15) is 0 Å². The molecule has 2 aromatic rings. The average molecular weight is 327 g/mol. The van der Waals surface area contributed by atoms with Gasteiger partial charge in [0.25, 0.3) is 5.91 Å². The van der Waals surface area contributed by atoms with E-state index in [1.807, 2.05) is 6.92 Å². The number of aryl methyl sites for hydroxylation is 1. The summed E-state index contributed by atoms with van der Waals surface area (Å²) in [4.78, 5) is 20.5. The third-order valence-corrected chi connectivity index (χ3v) is 4.17. The van der Waals surface area contributed by atoms with E-state index >= 15 is 0 Å². The van der Waals surface area contributed by atoms with Crippen LogP contribution < -0.4 is 10.1 Å². The molecule has 0 radical (unpaired) electrons. The van der Waals surface area contributed by atoms with Crippen molar-refractivity contribution in [3.05, 3.63) is 41.9 Å². The zero-order valence-electron chi connectivity index (χ0n) is 13.7. The minimum atomic E-state index is -0.334. The lowest BCUT2D eigenvalue weighted by Gasteiger charge is -2.22. The van der Waals surface area contributed by atoms with Crippen molar-refractivity contribution in [2.45, 2.75) is 45.1 Å². The summed E-state index contributed by atoms with van der Waals surface area (Å²) in [5.74, 6) is 0.264. The molecule has 1 aliphatic carbocycles. The fourth-order valence-electron chi connectivity index (χ4n) is 2.86. The Balaban J connectivity index is 1.69. The predicted molar refractivity (Wildman–Crippen MR) is 90.3 cm³/mol. The number of aromatic hydroxyl groups is 1. The number of carbonyl (C=O) groups excluding carboxylic acids is 1. The molecule has 1 aromatic heterocycles. The lowest BCUT2D eigenvalue weighted by molar-refractivity contribution is 0.101. The van der Waals surface area contributed by atoms with Crippen molar-refractivity contribution >= 4 is 11.6 Å². The van der Waals surface area contributed by atoms with E-state index in [1.165, 1.54) is 31.7 Å². The highest BCUT2D eigenvalue weighted by molar-refractivity contribution is 6.03. The van der Waals surface area contributed by atoms with Crippen molar-refractivity contribution in [2.75, 3.05) is 5.32 Å². The van der Waals surface area contributed by atoms with E-state index in [9.17, 15) is 9.90 Å². The first-order chi connectivity index (χ1) is 11.6. The molecule has 0 spiro atoms. The van der Waals surface area contributed by atoms with Crippen molar-refractivity contribution < 1.29 is 14.6 Å². The molecule has 126 valence electrons. The number of aromatic nitrogens is 2. The maximum atomic E-state index is 12.4. The molecule has 1 heterocycles. The van der Waals surface area contributed by atoms with E-state index in [0.717, 1.165) is 18.4 Å². The first kappa shape index (κ1) is 16.2. The van der Waals surface area contributed by atoms with Crippen LogP contribution in [0.1, 0.15) is 48.2 Å². The summed E-state index contributed by atoms with van der Waals surface area (Å²) in [7, 11) is 0. The fourth-order valence-corrected chi connectivity index (χ4v) is 2.86. The lowest BCUT2D eigenvalue weighted by Crippen LogP contribution is -2.21. The van der Waals surface area contributed by atoms with E-state index in [-0.39, 0.29) is 23.5 Å². The van der Waals surface area contributed by atoms with Crippen LogP contribution in [0.5, 0.6) is 11.6 Å². The second-order valence-electron chi connectivity index (χ2n) is 6.07. The number of nitrogens with zero attached hydrogens (tertiary/aromatic N) is 2. The Labute approximate surface area is 140 Å². The number of phenolic OH excluding ortho intramolecular Hbond substituents is 1. The van der Waals surface area contributed by atoms with Gasteiger partial charge in [-0.3, -0.25) is 4.79 Å². The number of carbonyl (C=O) groups is 1. The summed E-state index contributed by atoms with van der Waals surface area (Å²) in [6, 6.07) is 6.34. The largest absolute Gasteiger partial charge is 0.508 e. The van der Waals surface area contributed by atoms with Gasteiger partial charge >= 0.3 is 0 Å². The van der Waals surface area contributed by atoms with Gasteiger partial charge in [-0.15, -0.1) is 0 Å². The van der Waals surface area contributed by atoms with Crippen molar-refractivity contribution in [2.24, 2.45) is 0 Å². The van der Waals surface area contributed by atoms with E-state index in [2.05, 4.69) is 15.3 Å². The maximum absolute atomic E-state index is 12.4. The molecule has 6 nitrogen and oxygen atoms in total. The number of nitrogens with one attached hydrogen (secondary N) is 1. The van der Waals surface area contributed by atoms with Gasteiger partial charge in [-0.05, 0) is 56.4 Å². The van der Waals surface area contributed by atoms with Gasteiger partial charge in [-0.1, -0.05) is 6.42 Å². The molecule has 1 saturated carbocycles. The van der Waals surface area contributed by atoms with E-state index in [4.69, 9.17) is 4.74 Å². The molecule has 1 aliphatic rings.